The number of allylic oxidation sites excluding steroid dienone is 1. The number of nitrogens with zero attached hydrogens (tertiary/aromatic N) is 3. The molecule has 0 spiro atoms. The Bertz CT molecular complexity index is 927. The number of fused-ring (bicyclic) bond motifs is 1. The molecule has 1 aromatic carbocycles. The lowest BCUT2D eigenvalue weighted by Crippen LogP contribution is -2.44. The SMILES string of the molecule is Cc1ccc(-c2cc3n(n2)CCC(=O)N3CC(=O)NCCC2=CCCCC2)cc1. The third kappa shape index (κ3) is 4.58. The molecule has 0 fully saturated rings. The zero-order valence-electron chi connectivity index (χ0n) is 17.0. The average Bonchev–Trinajstić information content (AvgIpc) is 3.16. The fraction of sp³-hybridized carbons (Fsp3) is 0.435. The summed E-state index contributed by atoms with van der Waals surface area (Å²) in [4.78, 5) is 26.5. The van der Waals surface area contributed by atoms with E-state index in [2.05, 4.69) is 16.5 Å². The van der Waals surface area contributed by atoms with Crippen molar-refractivity contribution in [1.29, 1.82) is 0 Å². The number of benzene rings is 1. The van der Waals surface area contributed by atoms with Crippen LogP contribution in [0.4, 0.5) is 5.82 Å². The van der Waals surface area contributed by atoms with Crippen molar-refractivity contribution in [2.75, 3.05) is 18.0 Å². The minimum absolute atomic E-state index is 0.0296. The third-order valence-electron chi connectivity index (χ3n) is 5.68. The monoisotopic (exact) mass is 392 g/mol. The van der Waals surface area contributed by atoms with E-state index in [0.29, 0.717) is 25.3 Å². The van der Waals surface area contributed by atoms with E-state index in [9.17, 15) is 9.59 Å². The maximum atomic E-state index is 12.5. The van der Waals surface area contributed by atoms with Gasteiger partial charge in [0.2, 0.25) is 11.8 Å². The van der Waals surface area contributed by atoms with Crippen LogP contribution in [-0.2, 0) is 16.1 Å². The summed E-state index contributed by atoms with van der Waals surface area (Å²) in [5, 5.41) is 7.62. The minimum Gasteiger partial charge on any atom is -0.354 e. The lowest BCUT2D eigenvalue weighted by Gasteiger charge is -2.26. The van der Waals surface area contributed by atoms with Crippen LogP contribution in [0.5, 0.6) is 0 Å². The Morgan fingerprint density at radius 2 is 2.00 bits per heavy atom. The van der Waals surface area contributed by atoms with Crippen LogP contribution in [0.15, 0.2) is 42.0 Å². The zero-order valence-corrected chi connectivity index (χ0v) is 17.0. The van der Waals surface area contributed by atoms with E-state index in [4.69, 9.17) is 0 Å². The van der Waals surface area contributed by atoms with Crippen molar-refractivity contribution in [1.82, 2.24) is 15.1 Å². The summed E-state index contributed by atoms with van der Waals surface area (Å²) in [5.74, 6) is 0.543. The van der Waals surface area contributed by atoms with Crippen LogP contribution >= 0.6 is 0 Å². The van der Waals surface area contributed by atoms with Crippen LogP contribution in [0.3, 0.4) is 0 Å². The van der Waals surface area contributed by atoms with Crippen molar-refractivity contribution in [2.45, 2.75) is 52.0 Å². The summed E-state index contributed by atoms with van der Waals surface area (Å²) in [7, 11) is 0. The Morgan fingerprint density at radius 3 is 2.76 bits per heavy atom. The normalized spacial score (nSPS) is 16.4. The number of hydrogen-bond donors (Lipinski definition) is 1. The number of aromatic nitrogens is 2. The highest BCUT2D eigenvalue weighted by molar-refractivity contribution is 5.99. The minimum atomic E-state index is -0.124. The molecule has 2 amide bonds. The van der Waals surface area contributed by atoms with E-state index in [1.807, 2.05) is 41.9 Å². The number of rotatable bonds is 6. The van der Waals surface area contributed by atoms with Gasteiger partial charge in [0.25, 0.3) is 0 Å². The second kappa shape index (κ2) is 8.64. The molecule has 1 aromatic heterocycles. The van der Waals surface area contributed by atoms with E-state index in [0.717, 1.165) is 30.5 Å². The molecule has 4 rings (SSSR count). The number of amides is 2. The van der Waals surface area contributed by atoms with Crippen molar-refractivity contribution in [3.05, 3.63) is 47.5 Å². The molecular weight excluding hydrogens is 364 g/mol. The molecule has 0 radical (unpaired) electrons. The van der Waals surface area contributed by atoms with Crippen molar-refractivity contribution in [3.8, 4) is 11.3 Å². The fourth-order valence-corrected chi connectivity index (χ4v) is 3.98. The van der Waals surface area contributed by atoms with Gasteiger partial charge in [-0.05, 0) is 39.0 Å². The Kier molecular flexibility index (Phi) is 5.79. The van der Waals surface area contributed by atoms with Gasteiger partial charge < -0.3 is 5.32 Å². The molecule has 0 bridgehead atoms. The van der Waals surface area contributed by atoms with Gasteiger partial charge in [0.1, 0.15) is 12.4 Å². The van der Waals surface area contributed by atoms with Gasteiger partial charge in [-0.1, -0.05) is 41.5 Å². The van der Waals surface area contributed by atoms with Gasteiger partial charge in [0, 0.05) is 24.6 Å². The Morgan fingerprint density at radius 1 is 1.17 bits per heavy atom. The molecule has 2 aliphatic rings. The first-order valence-corrected chi connectivity index (χ1v) is 10.5. The van der Waals surface area contributed by atoms with Gasteiger partial charge in [0.05, 0.1) is 12.2 Å². The maximum absolute atomic E-state index is 12.5. The maximum Gasteiger partial charge on any atom is 0.240 e. The molecule has 0 atom stereocenters. The van der Waals surface area contributed by atoms with Gasteiger partial charge in [-0.2, -0.15) is 5.10 Å². The smallest absolute Gasteiger partial charge is 0.240 e. The Hall–Kier alpha value is -2.89. The standard InChI is InChI=1S/C23H28N4O2/c1-17-7-9-19(10-8-17)20-15-22-26(23(29)12-14-27(22)25-20)16-21(28)24-13-11-18-5-3-2-4-6-18/h5,7-10,15H,2-4,6,11-14,16H2,1H3,(H,24,28). The summed E-state index contributed by atoms with van der Waals surface area (Å²) >= 11 is 0. The predicted molar refractivity (Wildman–Crippen MR) is 114 cm³/mol. The van der Waals surface area contributed by atoms with Crippen LogP contribution in [0, 0.1) is 6.92 Å². The Labute approximate surface area is 171 Å². The lowest BCUT2D eigenvalue weighted by atomic mass is 9.97. The number of aryl methyl sites for hydroxylation is 2. The van der Waals surface area contributed by atoms with E-state index in [-0.39, 0.29) is 18.4 Å². The summed E-state index contributed by atoms with van der Waals surface area (Å²) in [6.07, 6.45) is 8.37. The summed E-state index contributed by atoms with van der Waals surface area (Å²) in [6.45, 7) is 3.26. The molecule has 1 aliphatic heterocycles. The van der Waals surface area contributed by atoms with Crippen LogP contribution in [-0.4, -0.2) is 34.7 Å². The average molecular weight is 393 g/mol. The van der Waals surface area contributed by atoms with Gasteiger partial charge in [0.15, 0.2) is 0 Å². The third-order valence-corrected chi connectivity index (χ3v) is 5.68. The summed E-state index contributed by atoms with van der Waals surface area (Å²) in [6, 6.07) is 10.1. The number of hydrogen-bond acceptors (Lipinski definition) is 3. The first-order valence-electron chi connectivity index (χ1n) is 10.5. The van der Waals surface area contributed by atoms with Gasteiger partial charge >= 0.3 is 0 Å². The molecule has 29 heavy (non-hydrogen) atoms. The number of nitrogens with one attached hydrogen (secondary N) is 1. The van der Waals surface area contributed by atoms with E-state index in [1.165, 1.54) is 24.0 Å². The molecule has 0 unspecified atom stereocenters. The topological polar surface area (TPSA) is 67.2 Å². The molecule has 1 aliphatic carbocycles. The molecule has 6 nitrogen and oxygen atoms in total. The van der Waals surface area contributed by atoms with Crippen molar-refractivity contribution >= 4 is 17.6 Å². The lowest BCUT2D eigenvalue weighted by molar-refractivity contribution is -0.124. The number of carbonyl (C=O) groups is 2. The molecular formula is C23H28N4O2. The second-order valence-electron chi connectivity index (χ2n) is 7.91. The van der Waals surface area contributed by atoms with E-state index >= 15 is 0 Å². The number of anilines is 1. The first kappa shape index (κ1) is 19.4. The summed E-state index contributed by atoms with van der Waals surface area (Å²) in [5.41, 5.74) is 4.46. The van der Waals surface area contributed by atoms with Gasteiger partial charge in [-0.15, -0.1) is 0 Å². The predicted octanol–water partition coefficient (Wildman–Crippen LogP) is 3.60. The van der Waals surface area contributed by atoms with Crippen LogP contribution < -0.4 is 10.2 Å². The molecule has 2 heterocycles. The molecule has 6 heteroatoms. The highest BCUT2D eigenvalue weighted by atomic mass is 16.2. The van der Waals surface area contributed by atoms with Gasteiger partial charge in [-0.3, -0.25) is 14.5 Å². The van der Waals surface area contributed by atoms with Crippen molar-refractivity contribution in [3.63, 3.8) is 0 Å². The Balaban J connectivity index is 1.41. The van der Waals surface area contributed by atoms with E-state index in [1.54, 1.807) is 4.90 Å². The molecule has 0 saturated heterocycles. The first-order chi connectivity index (χ1) is 14.1. The fourth-order valence-electron chi connectivity index (χ4n) is 3.98. The zero-order chi connectivity index (χ0) is 20.2. The molecule has 0 saturated carbocycles. The quantitative estimate of drug-likeness (QED) is 0.764. The highest BCUT2D eigenvalue weighted by Crippen LogP contribution is 2.28. The summed E-state index contributed by atoms with van der Waals surface area (Å²) < 4.78 is 1.83. The van der Waals surface area contributed by atoms with Crippen molar-refractivity contribution < 1.29 is 9.59 Å². The largest absolute Gasteiger partial charge is 0.354 e. The van der Waals surface area contributed by atoms with Crippen LogP contribution in [0.2, 0.25) is 0 Å². The van der Waals surface area contributed by atoms with Crippen LogP contribution in [0.1, 0.15) is 44.1 Å². The number of carbonyl (C=O) groups excluding carboxylic acids is 2. The molecule has 152 valence electrons. The molecule has 2 aromatic rings. The highest BCUT2D eigenvalue weighted by Gasteiger charge is 2.28. The van der Waals surface area contributed by atoms with Crippen molar-refractivity contribution in [2.24, 2.45) is 0 Å². The second-order valence-corrected chi connectivity index (χ2v) is 7.91. The molecule has 1 N–H and O–H groups in total. The van der Waals surface area contributed by atoms with Crippen LogP contribution in [0.25, 0.3) is 11.3 Å². The van der Waals surface area contributed by atoms with Gasteiger partial charge in [-0.25, -0.2) is 4.68 Å². The van der Waals surface area contributed by atoms with E-state index < -0.39 is 0 Å².